The van der Waals surface area contributed by atoms with E-state index in [0.29, 0.717) is 32.0 Å². The molecule has 0 aliphatic carbocycles. The van der Waals surface area contributed by atoms with Crippen LogP contribution in [0, 0.1) is 6.92 Å². The highest BCUT2D eigenvalue weighted by Crippen LogP contribution is 2.33. The first-order valence-corrected chi connectivity index (χ1v) is 11.8. The second-order valence-electron chi connectivity index (χ2n) is 7.95. The minimum Gasteiger partial charge on any atom is -0.368 e. The molecule has 0 fully saturated rings. The minimum absolute atomic E-state index is 0.139. The summed E-state index contributed by atoms with van der Waals surface area (Å²) in [7, 11) is 0. The van der Waals surface area contributed by atoms with Crippen LogP contribution in [0.4, 0.5) is 0 Å². The molecule has 0 saturated carbocycles. The summed E-state index contributed by atoms with van der Waals surface area (Å²) in [5, 5.41) is 8.72. The van der Waals surface area contributed by atoms with E-state index in [1.165, 1.54) is 0 Å². The lowest BCUT2D eigenvalue weighted by Gasteiger charge is -2.15. The van der Waals surface area contributed by atoms with Crippen LogP contribution in [0.1, 0.15) is 21.6 Å². The fourth-order valence-corrected chi connectivity index (χ4v) is 4.40. The molecule has 3 N–H and O–H groups in total. The number of nitrogens with zero attached hydrogens (tertiary/aromatic N) is 2. The molecule has 3 aromatic carbocycles. The van der Waals surface area contributed by atoms with E-state index in [4.69, 9.17) is 40.5 Å². The lowest BCUT2D eigenvalue weighted by atomic mass is 10.0. The molecule has 0 bridgehead atoms. The predicted molar refractivity (Wildman–Crippen MR) is 139 cm³/mol. The van der Waals surface area contributed by atoms with Crippen molar-refractivity contribution in [2.24, 2.45) is 5.73 Å². The normalized spacial score (nSPS) is 11.8. The van der Waals surface area contributed by atoms with Crippen molar-refractivity contribution in [3.8, 4) is 16.9 Å². The predicted octanol–water partition coefficient (Wildman–Crippen LogP) is 5.63. The Morgan fingerprint density at radius 3 is 2.26 bits per heavy atom. The van der Waals surface area contributed by atoms with Crippen molar-refractivity contribution >= 4 is 46.6 Å². The molecule has 0 radical (unpaired) electrons. The highest BCUT2D eigenvalue weighted by Gasteiger charge is 2.26. The highest BCUT2D eigenvalue weighted by molar-refractivity contribution is 6.35. The molecule has 35 heavy (non-hydrogen) atoms. The van der Waals surface area contributed by atoms with Crippen LogP contribution in [0.15, 0.2) is 72.8 Å². The second-order valence-corrected chi connectivity index (χ2v) is 9.23. The average molecular weight is 528 g/mol. The fraction of sp³-hybridized carbons (Fsp3) is 0.115. The lowest BCUT2D eigenvalue weighted by molar-refractivity contribution is -0.119. The van der Waals surface area contributed by atoms with Crippen LogP contribution in [-0.4, -0.2) is 27.6 Å². The molecule has 2 amide bonds. The number of carbonyl (C=O) groups is 2. The van der Waals surface area contributed by atoms with Gasteiger partial charge in [0.1, 0.15) is 6.04 Å². The number of hydrogen-bond donors (Lipinski definition) is 2. The van der Waals surface area contributed by atoms with Crippen molar-refractivity contribution in [3.63, 3.8) is 0 Å². The SMILES string of the molecule is Cc1c(C(=O)NC(Cc2ccccc2)C(N)=O)nn(-c2ccc(Cl)cc2Cl)c1-c1ccc(Cl)cc1. The third-order valence-corrected chi connectivity index (χ3v) is 6.31. The first-order chi connectivity index (χ1) is 16.7. The van der Waals surface area contributed by atoms with E-state index in [-0.39, 0.29) is 12.1 Å². The fourth-order valence-electron chi connectivity index (χ4n) is 3.78. The summed E-state index contributed by atoms with van der Waals surface area (Å²) in [6, 6.07) is 20.6. The third kappa shape index (κ3) is 5.51. The van der Waals surface area contributed by atoms with Gasteiger partial charge in [0.2, 0.25) is 5.91 Å². The van der Waals surface area contributed by atoms with Gasteiger partial charge in [-0.1, -0.05) is 77.3 Å². The second kappa shape index (κ2) is 10.5. The summed E-state index contributed by atoms with van der Waals surface area (Å²) in [6.45, 7) is 1.78. The van der Waals surface area contributed by atoms with E-state index in [1.807, 2.05) is 42.5 Å². The molecule has 4 rings (SSSR count). The summed E-state index contributed by atoms with van der Waals surface area (Å²) >= 11 is 18.6. The standard InChI is InChI=1S/C26H21Cl3N4O2/c1-15-23(26(35)31-21(25(30)34)13-16-5-3-2-4-6-16)32-33(22-12-11-19(28)14-20(22)29)24(15)17-7-9-18(27)10-8-17/h2-12,14,21H,13H2,1H3,(H2,30,34)(H,31,35). The van der Waals surface area contributed by atoms with Gasteiger partial charge in [-0.15, -0.1) is 0 Å². The molecule has 0 aliphatic heterocycles. The van der Waals surface area contributed by atoms with Gasteiger partial charge in [0, 0.05) is 27.6 Å². The van der Waals surface area contributed by atoms with Crippen LogP contribution in [0.3, 0.4) is 0 Å². The number of nitrogens with one attached hydrogen (secondary N) is 1. The Balaban J connectivity index is 1.76. The van der Waals surface area contributed by atoms with Gasteiger partial charge >= 0.3 is 0 Å². The van der Waals surface area contributed by atoms with Gasteiger partial charge in [-0.05, 0) is 42.8 Å². The van der Waals surface area contributed by atoms with Gasteiger partial charge in [-0.3, -0.25) is 9.59 Å². The molecule has 1 atom stereocenters. The average Bonchev–Trinajstić information content (AvgIpc) is 3.16. The summed E-state index contributed by atoms with van der Waals surface area (Å²) in [5.74, 6) is -1.17. The zero-order valence-corrected chi connectivity index (χ0v) is 20.9. The van der Waals surface area contributed by atoms with Crippen molar-refractivity contribution in [2.45, 2.75) is 19.4 Å². The van der Waals surface area contributed by atoms with E-state index < -0.39 is 17.9 Å². The van der Waals surface area contributed by atoms with Crippen LogP contribution in [-0.2, 0) is 11.2 Å². The molecule has 178 valence electrons. The number of halogens is 3. The van der Waals surface area contributed by atoms with E-state index in [1.54, 1.807) is 41.9 Å². The summed E-state index contributed by atoms with van der Waals surface area (Å²) in [4.78, 5) is 25.4. The van der Waals surface area contributed by atoms with Gasteiger partial charge in [0.25, 0.3) is 5.91 Å². The number of aromatic nitrogens is 2. The lowest BCUT2D eigenvalue weighted by Crippen LogP contribution is -2.46. The first-order valence-electron chi connectivity index (χ1n) is 10.7. The molecule has 1 heterocycles. The molecule has 0 aliphatic rings. The molecule has 1 aromatic heterocycles. The zero-order chi connectivity index (χ0) is 25.1. The monoisotopic (exact) mass is 526 g/mol. The molecule has 0 saturated heterocycles. The van der Waals surface area contributed by atoms with Crippen LogP contribution in [0.5, 0.6) is 0 Å². The summed E-state index contributed by atoms with van der Waals surface area (Å²) in [5.41, 5.74) is 9.16. The summed E-state index contributed by atoms with van der Waals surface area (Å²) < 4.78 is 1.59. The molecule has 1 unspecified atom stereocenters. The maximum atomic E-state index is 13.3. The van der Waals surface area contributed by atoms with Gasteiger partial charge in [0.05, 0.1) is 16.4 Å². The van der Waals surface area contributed by atoms with E-state index in [0.717, 1.165) is 11.1 Å². The Bertz CT molecular complexity index is 1390. The quantitative estimate of drug-likeness (QED) is 0.326. The van der Waals surface area contributed by atoms with Crippen LogP contribution in [0.25, 0.3) is 16.9 Å². The Morgan fingerprint density at radius 1 is 0.971 bits per heavy atom. The van der Waals surface area contributed by atoms with Crippen LogP contribution < -0.4 is 11.1 Å². The van der Waals surface area contributed by atoms with E-state index >= 15 is 0 Å². The Labute approximate surface area is 217 Å². The number of amides is 2. The first kappa shape index (κ1) is 24.8. The third-order valence-electron chi connectivity index (χ3n) is 5.52. The van der Waals surface area contributed by atoms with Crippen molar-refractivity contribution < 1.29 is 9.59 Å². The van der Waals surface area contributed by atoms with Crippen LogP contribution in [0.2, 0.25) is 15.1 Å². The molecule has 0 spiro atoms. The number of benzene rings is 3. The van der Waals surface area contributed by atoms with Gasteiger partial charge < -0.3 is 11.1 Å². The molecule has 4 aromatic rings. The van der Waals surface area contributed by atoms with Gasteiger partial charge in [-0.2, -0.15) is 5.10 Å². The Morgan fingerprint density at radius 2 is 1.63 bits per heavy atom. The Hall–Kier alpha value is -3.32. The minimum atomic E-state index is -0.910. The van der Waals surface area contributed by atoms with Crippen molar-refractivity contribution in [2.75, 3.05) is 0 Å². The van der Waals surface area contributed by atoms with Gasteiger partial charge in [-0.25, -0.2) is 4.68 Å². The maximum absolute atomic E-state index is 13.3. The largest absolute Gasteiger partial charge is 0.368 e. The number of primary amides is 1. The molecule has 9 heteroatoms. The Kier molecular flexibility index (Phi) is 7.45. The number of rotatable bonds is 7. The van der Waals surface area contributed by atoms with Crippen LogP contribution >= 0.6 is 34.8 Å². The zero-order valence-electron chi connectivity index (χ0n) is 18.6. The molecular weight excluding hydrogens is 507 g/mol. The van der Waals surface area contributed by atoms with E-state index in [2.05, 4.69) is 10.4 Å². The molecule has 6 nitrogen and oxygen atoms in total. The maximum Gasteiger partial charge on any atom is 0.272 e. The summed E-state index contributed by atoms with van der Waals surface area (Å²) in [6.07, 6.45) is 0.259. The number of carbonyl (C=O) groups excluding carboxylic acids is 2. The van der Waals surface area contributed by atoms with Crippen molar-refractivity contribution in [1.82, 2.24) is 15.1 Å². The highest BCUT2D eigenvalue weighted by atomic mass is 35.5. The van der Waals surface area contributed by atoms with E-state index in [9.17, 15) is 9.59 Å². The number of hydrogen-bond acceptors (Lipinski definition) is 3. The number of nitrogens with two attached hydrogens (primary N) is 1. The van der Waals surface area contributed by atoms with Gasteiger partial charge in [0.15, 0.2) is 5.69 Å². The topological polar surface area (TPSA) is 90.0 Å². The van der Waals surface area contributed by atoms with Crippen molar-refractivity contribution in [1.29, 1.82) is 0 Å². The smallest absolute Gasteiger partial charge is 0.272 e. The van der Waals surface area contributed by atoms with Crippen molar-refractivity contribution in [3.05, 3.63) is 105 Å². The molecular formula is C26H21Cl3N4O2.